The predicted molar refractivity (Wildman–Crippen MR) is 85.1 cm³/mol. The van der Waals surface area contributed by atoms with Gasteiger partial charge in [-0.05, 0) is 50.0 Å². The zero-order chi connectivity index (χ0) is 15.7. The third-order valence-corrected chi connectivity index (χ3v) is 2.90. The highest BCUT2D eigenvalue weighted by atomic mass is 16.5. The molecule has 0 bridgehead atoms. The lowest BCUT2D eigenvalue weighted by Crippen LogP contribution is -2.26. The fourth-order valence-corrected chi connectivity index (χ4v) is 1.79. The van der Waals surface area contributed by atoms with E-state index in [0.29, 0.717) is 13.0 Å². The molecule has 0 aliphatic rings. The molecule has 0 aliphatic heterocycles. The van der Waals surface area contributed by atoms with E-state index in [4.69, 9.17) is 9.84 Å². The third kappa shape index (κ3) is 7.51. The average molecular weight is 291 g/mol. The molecule has 0 heterocycles. The van der Waals surface area contributed by atoms with E-state index in [1.807, 2.05) is 45.0 Å². The summed E-state index contributed by atoms with van der Waals surface area (Å²) in [4.78, 5) is 11.7. The Morgan fingerprint density at radius 1 is 1.38 bits per heavy atom. The molecule has 0 aromatic heterocycles. The highest BCUT2D eigenvalue weighted by molar-refractivity contribution is 5.91. The van der Waals surface area contributed by atoms with Crippen LogP contribution in [0.4, 0.5) is 0 Å². The molecule has 0 saturated heterocycles. The molecule has 0 fully saturated rings. The first-order chi connectivity index (χ1) is 10.0. The van der Waals surface area contributed by atoms with Gasteiger partial charge in [-0.3, -0.25) is 4.79 Å². The van der Waals surface area contributed by atoms with Crippen molar-refractivity contribution in [2.45, 2.75) is 33.3 Å². The van der Waals surface area contributed by atoms with Gasteiger partial charge < -0.3 is 15.2 Å². The maximum absolute atomic E-state index is 11.7. The van der Waals surface area contributed by atoms with Gasteiger partial charge in [-0.2, -0.15) is 0 Å². The molecule has 1 rings (SSSR count). The fourth-order valence-electron chi connectivity index (χ4n) is 1.79. The second-order valence-corrected chi connectivity index (χ2v) is 5.44. The molecular weight excluding hydrogens is 266 g/mol. The van der Waals surface area contributed by atoms with E-state index < -0.39 is 0 Å². The average Bonchev–Trinajstić information content (AvgIpc) is 2.43. The minimum Gasteiger partial charge on any atom is -0.491 e. The maximum Gasteiger partial charge on any atom is 0.244 e. The number of benzene rings is 1. The molecule has 1 atom stereocenters. The second kappa shape index (κ2) is 9.19. The normalized spacial score (nSPS) is 12.6. The Balaban J connectivity index is 2.50. The number of aliphatic hydroxyl groups excluding tert-OH is 1. The number of nitrogens with one attached hydrogen (secondary N) is 1. The van der Waals surface area contributed by atoms with Gasteiger partial charge in [0.1, 0.15) is 5.75 Å². The summed E-state index contributed by atoms with van der Waals surface area (Å²) in [6.07, 6.45) is 4.10. The lowest BCUT2D eigenvalue weighted by molar-refractivity contribution is -0.116. The Bertz CT molecular complexity index is 469. The lowest BCUT2D eigenvalue weighted by Gasteiger charge is -2.10. The van der Waals surface area contributed by atoms with Crippen molar-refractivity contribution in [2.24, 2.45) is 5.92 Å². The van der Waals surface area contributed by atoms with Crippen LogP contribution in [-0.2, 0) is 4.79 Å². The number of ether oxygens (including phenoxy) is 1. The monoisotopic (exact) mass is 291 g/mol. The van der Waals surface area contributed by atoms with Gasteiger partial charge in [-0.1, -0.05) is 19.1 Å². The van der Waals surface area contributed by atoms with Crippen molar-refractivity contribution in [3.8, 4) is 5.75 Å². The van der Waals surface area contributed by atoms with Crippen molar-refractivity contribution in [2.75, 3.05) is 13.2 Å². The number of hydrogen-bond acceptors (Lipinski definition) is 3. The van der Waals surface area contributed by atoms with Crippen molar-refractivity contribution >= 4 is 12.0 Å². The van der Waals surface area contributed by atoms with Crippen molar-refractivity contribution in [1.29, 1.82) is 0 Å². The molecule has 1 aromatic carbocycles. The van der Waals surface area contributed by atoms with Crippen molar-refractivity contribution in [3.05, 3.63) is 35.9 Å². The zero-order valence-corrected chi connectivity index (χ0v) is 13.0. The number of hydrogen-bond donors (Lipinski definition) is 2. The van der Waals surface area contributed by atoms with Gasteiger partial charge in [-0.25, -0.2) is 0 Å². The van der Waals surface area contributed by atoms with Crippen LogP contribution in [0.15, 0.2) is 30.3 Å². The van der Waals surface area contributed by atoms with Crippen LogP contribution in [-0.4, -0.2) is 30.3 Å². The first kappa shape index (κ1) is 17.2. The number of rotatable bonds is 8. The largest absolute Gasteiger partial charge is 0.491 e. The summed E-state index contributed by atoms with van der Waals surface area (Å²) >= 11 is 0. The fraction of sp³-hybridized carbons (Fsp3) is 0.471. The van der Waals surface area contributed by atoms with Crippen LogP contribution in [0.2, 0.25) is 0 Å². The molecule has 2 N–H and O–H groups in total. The van der Waals surface area contributed by atoms with Crippen LogP contribution in [0, 0.1) is 5.92 Å². The van der Waals surface area contributed by atoms with E-state index in [0.717, 1.165) is 11.3 Å². The van der Waals surface area contributed by atoms with Gasteiger partial charge in [0.2, 0.25) is 5.91 Å². The van der Waals surface area contributed by atoms with Gasteiger partial charge in [0, 0.05) is 19.2 Å². The molecule has 0 spiro atoms. The SMILES string of the molecule is CC(CCO)CNC(=O)/C=C/c1cccc(OC(C)C)c1. The Labute approximate surface area is 126 Å². The molecule has 0 saturated carbocycles. The number of carbonyl (C=O) groups is 1. The summed E-state index contributed by atoms with van der Waals surface area (Å²) in [5, 5.41) is 11.6. The van der Waals surface area contributed by atoms with Gasteiger partial charge in [0.15, 0.2) is 0 Å². The van der Waals surface area contributed by atoms with Crippen LogP contribution in [0.3, 0.4) is 0 Å². The molecule has 0 radical (unpaired) electrons. The number of aliphatic hydroxyl groups is 1. The lowest BCUT2D eigenvalue weighted by atomic mass is 10.1. The first-order valence-corrected chi connectivity index (χ1v) is 7.34. The standard InChI is InChI=1S/C17H25NO3/c1-13(2)21-16-6-4-5-15(11-16)7-8-17(20)18-12-14(3)9-10-19/h4-8,11,13-14,19H,9-10,12H2,1-3H3,(H,18,20)/b8-7+. The Kier molecular flexibility index (Phi) is 7.54. The van der Waals surface area contributed by atoms with E-state index in [-0.39, 0.29) is 24.5 Å². The summed E-state index contributed by atoms with van der Waals surface area (Å²) in [7, 11) is 0. The minimum absolute atomic E-state index is 0.126. The quantitative estimate of drug-likeness (QED) is 0.724. The molecule has 4 heteroatoms. The van der Waals surface area contributed by atoms with E-state index in [2.05, 4.69) is 5.32 Å². The van der Waals surface area contributed by atoms with E-state index in [9.17, 15) is 4.79 Å². The summed E-state index contributed by atoms with van der Waals surface area (Å²) in [6, 6.07) is 7.62. The zero-order valence-electron chi connectivity index (χ0n) is 13.0. The summed E-state index contributed by atoms with van der Waals surface area (Å²) in [6.45, 7) is 6.66. The molecule has 21 heavy (non-hydrogen) atoms. The van der Waals surface area contributed by atoms with Crippen LogP contribution in [0.1, 0.15) is 32.8 Å². The van der Waals surface area contributed by atoms with Crippen molar-refractivity contribution in [3.63, 3.8) is 0 Å². The van der Waals surface area contributed by atoms with Crippen LogP contribution in [0.5, 0.6) is 5.75 Å². The molecule has 4 nitrogen and oxygen atoms in total. The van der Waals surface area contributed by atoms with Gasteiger partial charge in [-0.15, -0.1) is 0 Å². The Morgan fingerprint density at radius 3 is 2.81 bits per heavy atom. The van der Waals surface area contributed by atoms with Crippen molar-refractivity contribution in [1.82, 2.24) is 5.32 Å². The van der Waals surface area contributed by atoms with E-state index in [1.165, 1.54) is 6.08 Å². The Hall–Kier alpha value is -1.81. The topological polar surface area (TPSA) is 58.6 Å². The van der Waals surface area contributed by atoms with Crippen LogP contribution < -0.4 is 10.1 Å². The molecule has 1 amide bonds. The molecular formula is C17H25NO3. The first-order valence-electron chi connectivity index (χ1n) is 7.34. The molecule has 0 aliphatic carbocycles. The van der Waals surface area contributed by atoms with Crippen molar-refractivity contribution < 1.29 is 14.6 Å². The van der Waals surface area contributed by atoms with E-state index >= 15 is 0 Å². The summed E-state index contributed by atoms with van der Waals surface area (Å²) < 4.78 is 5.61. The minimum atomic E-state index is -0.130. The third-order valence-electron chi connectivity index (χ3n) is 2.90. The van der Waals surface area contributed by atoms with Crippen LogP contribution in [0.25, 0.3) is 6.08 Å². The Morgan fingerprint density at radius 2 is 2.14 bits per heavy atom. The number of amides is 1. The second-order valence-electron chi connectivity index (χ2n) is 5.44. The smallest absolute Gasteiger partial charge is 0.244 e. The maximum atomic E-state index is 11.7. The molecule has 1 unspecified atom stereocenters. The number of carbonyl (C=O) groups excluding carboxylic acids is 1. The van der Waals surface area contributed by atoms with Gasteiger partial charge >= 0.3 is 0 Å². The van der Waals surface area contributed by atoms with Gasteiger partial charge in [0.25, 0.3) is 0 Å². The van der Waals surface area contributed by atoms with Crippen LogP contribution >= 0.6 is 0 Å². The van der Waals surface area contributed by atoms with E-state index in [1.54, 1.807) is 6.08 Å². The highest BCUT2D eigenvalue weighted by Gasteiger charge is 2.03. The summed E-state index contributed by atoms with van der Waals surface area (Å²) in [5.41, 5.74) is 0.923. The molecule has 1 aromatic rings. The highest BCUT2D eigenvalue weighted by Crippen LogP contribution is 2.15. The summed E-state index contributed by atoms with van der Waals surface area (Å²) in [5.74, 6) is 0.939. The molecule has 116 valence electrons. The van der Waals surface area contributed by atoms with Gasteiger partial charge in [0.05, 0.1) is 6.10 Å². The predicted octanol–water partition coefficient (Wildman–Crippen LogP) is 2.62.